The van der Waals surface area contributed by atoms with Gasteiger partial charge in [-0.25, -0.2) is 4.63 Å². The fourth-order valence-electron chi connectivity index (χ4n) is 1.40. The lowest BCUT2D eigenvalue weighted by molar-refractivity contribution is 0.198. The summed E-state index contributed by atoms with van der Waals surface area (Å²) in [6.07, 6.45) is -0.506. The Morgan fingerprint density at radius 2 is 2.24 bits per heavy atom. The van der Waals surface area contributed by atoms with E-state index in [1.165, 1.54) is 0 Å². The van der Waals surface area contributed by atoms with Crippen molar-refractivity contribution in [3.63, 3.8) is 0 Å². The van der Waals surface area contributed by atoms with Crippen molar-refractivity contribution in [3.05, 3.63) is 41.2 Å². The van der Waals surface area contributed by atoms with Crippen molar-refractivity contribution in [2.24, 2.45) is 0 Å². The number of rotatable bonds is 4. The van der Waals surface area contributed by atoms with Crippen LogP contribution in [-0.4, -0.2) is 15.4 Å². The minimum atomic E-state index is -0.506. The molecular weight excluding hydrogens is 220 g/mol. The Bertz CT molecular complexity index is 494. The van der Waals surface area contributed by atoms with Gasteiger partial charge in [0.1, 0.15) is 23.7 Å². The maximum Gasteiger partial charge on any atom is 0.145 e. The fraction of sp³-hybridized carbons (Fsp3) is 0.333. The topological polar surface area (TPSA) is 68.4 Å². The summed E-state index contributed by atoms with van der Waals surface area (Å²) in [5, 5.41) is 16.8. The first-order chi connectivity index (χ1) is 8.16. The maximum absolute atomic E-state index is 9.45. The molecule has 1 aromatic heterocycles. The van der Waals surface area contributed by atoms with Crippen LogP contribution in [0.5, 0.6) is 5.75 Å². The molecule has 0 radical (unpaired) electrons. The zero-order valence-corrected chi connectivity index (χ0v) is 9.75. The van der Waals surface area contributed by atoms with Crippen molar-refractivity contribution in [2.75, 3.05) is 0 Å². The molecule has 1 heterocycles. The Hall–Kier alpha value is -1.88. The van der Waals surface area contributed by atoms with Crippen LogP contribution in [0.1, 0.15) is 30.0 Å². The molecule has 0 aliphatic heterocycles. The van der Waals surface area contributed by atoms with Crippen molar-refractivity contribution in [1.29, 1.82) is 0 Å². The monoisotopic (exact) mass is 234 g/mol. The van der Waals surface area contributed by atoms with Gasteiger partial charge in [0.2, 0.25) is 0 Å². The van der Waals surface area contributed by atoms with E-state index in [1.807, 2.05) is 18.2 Å². The van der Waals surface area contributed by atoms with Crippen molar-refractivity contribution >= 4 is 0 Å². The van der Waals surface area contributed by atoms with E-state index < -0.39 is 6.10 Å². The standard InChI is InChI=1S/C12H14N2O3/c1-8-12(14-17-13-8)7-16-11-5-3-4-10(6-11)9(2)15/h3-6,9,15H,7H2,1-2H3/t9-/m1/s1. The molecule has 1 atom stereocenters. The van der Waals surface area contributed by atoms with Gasteiger partial charge < -0.3 is 9.84 Å². The zero-order chi connectivity index (χ0) is 12.3. The summed E-state index contributed by atoms with van der Waals surface area (Å²) in [6, 6.07) is 7.31. The highest BCUT2D eigenvalue weighted by Gasteiger charge is 2.07. The molecule has 0 amide bonds. The number of hydrogen-bond donors (Lipinski definition) is 1. The second-order valence-corrected chi connectivity index (χ2v) is 3.83. The van der Waals surface area contributed by atoms with E-state index >= 15 is 0 Å². The van der Waals surface area contributed by atoms with Crippen LogP contribution in [0.15, 0.2) is 28.9 Å². The van der Waals surface area contributed by atoms with Crippen LogP contribution in [0.2, 0.25) is 0 Å². The van der Waals surface area contributed by atoms with Crippen LogP contribution in [0.4, 0.5) is 0 Å². The molecule has 17 heavy (non-hydrogen) atoms. The first kappa shape index (κ1) is 11.6. The number of aliphatic hydroxyl groups excluding tert-OH is 1. The summed E-state index contributed by atoms with van der Waals surface area (Å²) in [7, 11) is 0. The molecule has 2 rings (SSSR count). The highest BCUT2D eigenvalue weighted by molar-refractivity contribution is 5.29. The molecule has 0 unspecified atom stereocenters. The largest absolute Gasteiger partial charge is 0.487 e. The molecule has 5 nitrogen and oxygen atoms in total. The van der Waals surface area contributed by atoms with E-state index in [2.05, 4.69) is 14.9 Å². The molecule has 0 aliphatic carbocycles. The molecule has 0 bridgehead atoms. The summed E-state index contributed by atoms with van der Waals surface area (Å²) < 4.78 is 10.1. The number of nitrogens with zero attached hydrogens (tertiary/aromatic N) is 2. The minimum absolute atomic E-state index is 0.304. The van der Waals surface area contributed by atoms with Gasteiger partial charge in [-0.05, 0) is 31.5 Å². The van der Waals surface area contributed by atoms with Crippen LogP contribution >= 0.6 is 0 Å². The molecule has 1 aromatic carbocycles. The highest BCUT2D eigenvalue weighted by atomic mass is 16.6. The van der Waals surface area contributed by atoms with Gasteiger partial charge in [-0.2, -0.15) is 0 Å². The van der Waals surface area contributed by atoms with Gasteiger partial charge >= 0.3 is 0 Å². The first-order valence-corrected chi connectivity index (χ1v) is 5.35. The molecular formula is C12H14N2O3. The lowest BCUT2D eigenvalue weighted by atomic mass is 10.1. The van der Waals surface area contributed by atoms with Crippen LogP contribution in [0.3, 0.4) is 0 Å². The van der Waals surface area contributed by atoms with E-state index in [4.69, 9.17) is 4.74 Å². The Labute approximate surface area is 99.0 Å². The van der Waals surface area contributed by atoms with Crippen LogP contribution in [-0.2, 0) is 6.61 Å². The Kier molecular flexibility index (Phi) is 3.39. The van der Waals surface area contributed by atoms with Crippen molar-refractivity contribution in [1.82, 2.24) is 10.3 Å². The molecule has 1 N–H and O–H groups in total. The average molecular weight is 234 g/mol. The first-order valence-electron chi connectivity index (χ1n) is 5.35. The van der Waals surface area contributed by atoms with E-state index in [0.29, 0.717) is 18.1 Å². The number of aryl methyl sites for hydroxylation is 1. The second-order valence-electron chi connectivity index (χ2n) is 3.83. The van der Waals surface area contributed by atoms with Gasteiger partial charge in [-0.1, -0.05) is 22.4 Å². The normalized spacial score (nSPS) is 12.4. The number of aromatic nitrogens is 2. The van der Waals surface area contributed by atoms with Crippen molar-refractivity contribution in [2.45, 2.75) is 26.6 Å². The van der Waals surface area contributed by atoms with Crippen LogP contribution < -0.4 is 4.74 Å². The number of benzene rings is 1. The van der Waals surface area contributed by atoms with Crippen molar-refractivity contribution in [3.8, 4) is 5.75 Å². The van der Waals surface area contributed by atoms with Gasteiger partial charge in [0.05, 0.1) is 6.10 Å². The molecule has 90 valence electrons. The molecule has 0 saturated heterocycles. The molecule has 5 heteroatoms. The maximum atomic E-state index is 9.45. The third-order valence-electron chi connectivity index (χ3n) is 2.46. The quantitative estimate of drug-likeness (QED) is 0.876. The lowest BCUT2D eigenvalue weighted by Gasteiger charge is -2.08. The van der Waals surface area contributed by atoms with Gasteiger partial charge in [-0.3, -0.25) is 0 Å². The minimum Gasteiger partial charge on any atom is -0.487 e. The molecule has 0 fully saturated rings. The Morgan fingerprint density at radius 3 is 2.88 bits per heavy atom. The van der Waals surface area contributed by atoms with Gasteiger partial charge in [0, 0.05) is 0 Å². The average Bonchev–Trinajstić information content (AvgIpc) is 2.72. The molecule has 0 aliphatic rings. The molecule has 0 spiro atoms. The van der Waals surface area contributed by atoms with Gasteiger partial charge in [0.15, 0.2) is 0 Å². The SMILES string of the molecule is Cc1nonc1COc1cccc([C@@H](C)O)c1. The van der Waals surface area contributed by atoms with E-state index in [-0.39, 0.29) is 0 Å². The molecule has 0 saturated carbocycles. The fourth-order valence-corrected chi connectivity index (χ4v) is 1.40. The predicted octanol–water partition coefficient (Wildman–Crippen LogP) is 2.01. The van der Waals surface area contributed by atoms with E-state index in [1.54, 1.807) is 19.9 Å². The lowest BCUT2D eigenvalue weighted by Crippen LogP contribution is -1.99. The van der Waals surface area contributed by atoms with Crippen LogP contribution in [0.25, 0.3) is 0 Å². The van der Waals surface area contributed by atoms with E-state index in [9.17, 15) is 5.11 Å². The summed E-state index contributed by atoms with van der Waals surface area (Å²) in [5.41, 5.74) is 2.21. The smallest absolute Gasteiger partial charge is 0.145 e. The van der Waals surface area contributed by atoms with E-state index in [0.717, 1.165) is 11.3 Å². The number of hydrogen-bond acceptors (Lipinski definition) is 5. The summed E-state index contributed by atoms with van der Waals surface area (Å²) in [5.74, 6) is 0.686. The second kappa shape index (κ2) is 4.97. The number of ether oxygens (including phenoxy) is 1. The third-order valence-corrected chi connectivity index (χ3v) is 2.46. The Balaban J connectivity index is 2.04. The summed E-state index contributed by atoms with van der Waals surface area (Å²) in [6.45, 7) is 3.82. The highest BCUT2D eigenvalue weighted by Crippen LogP contribution is 2.19. The van der Waals surface area contributed by atoms with Gasteiger partial charge in [-0.15, -0.1) is 0 Å². The Morgan fingerprint density at radius 1 is 1.41 bits per heavy atom. The van der Waals surface area contributed by atoms with Gasteiger partial charge in [0.25, 0.3) is 0 Å². The molecule has 2 aromatic rings. The van der Waals surface area contributed by atoms with Crippen LogP contribution in [0, 0.1) is 6.92 Å². The summed E-state index contributed by atoms with van der Waals surface area (Å²) in [4.78, 5) is 0. The summed E-state index contributed by atoms with van der Waals surface area (Å²) >= 11 is 0. The zero-order valence-electron chi connectivity index (χ0n) is 9.75. The third kappa shape index (κ3) is 2.82. The van der Waals surface area contributed by atoms with Crippen molar-refractivity contribution < 1.29 is 14.5 Å². The predicted molar refractivity (Wildman–Crippen MR) is 60.4 cm³/mol. The number of aliphatic hydroxyl groups is 1.